The molecule has 0 aliphatic carbocycles. The number of rotatable bonds is 3. The summed E-state index contributed by atoms with van der Waals surface area (Å²) in [4.78, 5) is 31.1. The van der Waals surface area contributed by atoms with Crippen molar-refractivity contribution in [2.75, 3.05) is 34.5 Å². The molecule has 29 heavy (non-hydrogen) atoms. The number of ether oxygens (including phenoxy) is 3. The van der Waals surface area contributed by atoms with Crippen molar-refractivity contribution in [3.63, 3.8) is 0 Å². The summed E-state index contributed by atoms with van der Waals surface area (Å²) in [5.74, 6) is 3.67. The first kappa shape index (κ1) is 26.1. The monoisotopic (exact) mass is 470 g/mol. The van der Waals surface area contributed by atoms with Gasteiger partial charge < -0.3 is 14.2 Å². The summed E-state index contributed by atoms with van der Waals surface area (Å²) < 4.78 is 36.3. The van der Waals surface area contributed by atoms with Crippen LogP contribution in [0.4, 0.5) is 0 Å². The fraction of sp³-hybridized carbons (Fsp3) is 0.833. The van der Waals surface area contributed by atoms with Gasteiger partial charge in [-0.15, -0.1) is 0 Å². The largest absolute Gasteiger partial charge is 0.462 e. The molecule has 8 nitrogen and oxygen atoms in total. The van der Waals surface area contributed by atoms with Crippen molar-refractivity contribution < 1.29 is 37.0 Å². The molecule has 3 atom stereocenters. The van der Waals surface area contributed by atoms with Crippen LogP contribution in [-0.2, 0) is 38.4 Å². The zero-order valence-electron chi connectivity index (χ0n) is 17.1. The molecule has 0 unspecified atom stereocenters. The molecule has 3 fully saturated rings. The summed E-state index contributed by atoms with van der Waals surface area (Å²) >= 11 is 3.69. The molecule has 0 aromatic carbocycles. The standard InChI is InChI=1S/C6H10O4S.2C6H10O2S/c1-5(7)10-6-2-3-11(8,9)4-6;2*1-5(7)8-6-2-3-9-4-6/h6H,2-4H2,1H3;2*6H,2-4H2,1H3/t3*6-/m010/s1. The van der Waals surface area contributed by atoms with Crippen molar-refractivity contribution in [3.05, 3.63) is 0 Å². The van der Waals surface area contributed by atoms with Gasteiger partial charge in [-0.25, -0.2) is 8.42 Å². The Bertz CT molecular complexity index is 609. The van der Waals surface area contributed by atoms with Gasteiger partial charge >= 0.3 is 17.9 Å². The Labute approximate surface area is 181 Å². The topological polar surface area (TPSA) is 113 Å². The SMILES string of the molecule is CC(=O)O[C@@H]1CCSC1.CC(=O)O[C@H]1CCS(=O)(=O)C1.CC(=O)O[C@H]1CCSC1. The lowest BCUT2D eigenvalue weighted by Crippen LogP contribution is -2.17. The highest BCUT2D eigenvalue weighted by molar-refractivity contribution is 7.99. The van der Waals surface area contributed by atoms with Gasteiger partial charge in [0.05, 0.1) is 11.5 Å². The van der Waals surface area contributed by atoms with E-state index in [1.807, 2.05) is 23.5 Å². The van der Waals surface area contributed by atoms with Gasteiger partial charge in [0.2, 0.25) is 0 Å². The third kappa shape index (κ3) is 13.1. The Morgan fingerprint density at radius 1 is 0.724 bits per heavy atom. The molecular formula is C18H30O8S3. The van der Waals surface area contributed by atoms with Crippen LogP contribution >= 0.6 is 23.5 Å². The smallest absolute Gasteiger partial charge is 0.302 e. The van der Waals surface area contributed by atoms with E-state index in [-0.39, 0.29) is 35.7 Å². The zero-order chi connectivity index (χ0) is 21.9. The predicted molar refractivity (Wildman–Crippen MR) is 114 cm³/mol. The lowest BCUT2D eigenvalue weighted by Gasteiger charge is -2.06. The molecule has 3 aliphatic heterocycles. The maximum absolute atomic E-state index is 10.8. The third-order valence-electron chi connectivity index (χ3n) is 3.96. The van der Waals surface area contributed by atoms with Crippen LogP contribution in [0, 0.1) is 0 Å². The van der Waals surface area contributed by atoms with Crippen LogP contribution in [0.15, 0.2) is 0 Å². The fourth-order valence-electron chi connectivity index (χ4n) is 2.77. The molecule has 0 bridgehead atoms. The van der Waals surface area contributed by atoms with Gasteiger partial charge in [-0.2, -0.15) is 23.5 Å². The molecule has 0 aromatic heterocycles. The highest BCUT2D eigenvalue weighted by Gasteiger charge is 2.29. The molecule has 0 N–H and O–H groups in total. The average molecular weight is 471 g/mol. The van der Waals surface area contributed by atoms with E-state index >= 15 is 0 Å². The first-order valence-corrected chi connectivity index (χ1v) is 13.6. The van der Waals surface area contributed by atoms with E-state index in [1.165, 1.54) is 20.8 Å². The highest BCUT2D eigenvalue weighted by atomic mass is 32.2. The summed E-state index contributed by atoms with van der Waals surface area (Å²) in [6.07, 6.45) is 2.51. The summed E-state index contributed by atoms with van der Waals surface area (Å²) in [5, 5.41) is 0. The van der Waals surface area contributed by atoms with Crippen LogP contribution in [0.2, 0.25) is 0 Å². The van der Waals surface area contributed by atoms with Crippen LogP contribution in [0.25, 0.3) is 0 Å². The molecule has 11 heteroatoms. The van der Waals surface area contributed by atoms with Crippen molar-refractivity contribution in [1.82, 2.24) is 0 Å². The summed E-state index contributed by atoms with van der Waals surface area (Å²) in [6, 6.07) is 0. The molecular weight excluding hydrogens is 440 g/mol. The minimum Gasteiger partial charge on any atom is -0.462 e. The second-order valence-electron chi connectivity index (χ2n) is 6.82. The number of carbonyl (C=O) groups is 3. The Morgan fingerprint density at radius 2 is 1.14 bits per heavy atom. The molecule has 3 aliphatic rings. The first-order valence-electron chi connectivity index (χ1n) is 9.45. The molecule has 3 heterocycles. The van der Waals surface area contributed by atoms with E-state index in [4.69, 9.17) is 14.2 Å². The molecule has 168 valence electrons. The minimum absolute atomic E-state index is 0.00736. The molecule has 3 saturated heterocycles. The van der Waals surface area contributed by atoms with Crippen molar-refractivity contribution >= 4 is 51.3 Å². The van der Waals surface area contributed by atoms with Crippen molar-refractivity contribution in [2.45, 2.75) is 58.3 Å². The normalized spacial score (nSPS) is 26.9. The molecule has 0 saturated carbocycles. The summed E-state index contributed by atoms with van der Waals surface area (Å²) in [5.41, 5.74) is 0. The van der Waals surface area contributed by atoms with Gasteiger partial charge in [0, 0.05) is 32.3 Å². The molecule has 0 amide bonds. The maximum Gasteiger partial charge on any atom is 0.302 e. The lowest BCUT2D eigenvalue weighted by atomic mass is 10.3. The molecule has 0 spiro atoms. The maximum atomic E-state index is 10.8. The Hall–Kier alpha value is -0.940. The van der Waals surface area contributed by atoms with Crippen molar-refractivity contribution in [3.8, 4) is 0 Å². The predicted octanol–water partition coefficient (Wildman–Crippen LogP) is 1.85. The lowest BCUT2D eigenvalue weighted by molar-refractivity contribution is -0.146. The van der Waals surface area contributed by atoms with Crippen LogP contribution in [-0.4, -0.2) is 79.2 Å². The second kappa shape index (κ2) is 13.4. The van der Waals surface area contributed by atoms with Gasteiger partial charge in [0.1, 0.15) is 18.3 Å². The number of esters is 3. The zero-order valence-corrected chi connectivity index (χ0v) is 19.5. The van der Waals surface area contributed by atoms with Gasteiger partial charge in [0.25, 0.3) is 0 Å². The fourth-order valence-corrected chi connectivity index (χ4v) is 6.55. The number of hydrogen-bond acceptors (Lipinski definition) is 10. The van der Waals surface area contributed by atoms with Gasteiger partial charge in [0.15, 0.2) is 9.84 Å². The van der Waals surface area contributed by atoms with Gasteiger partial charge in [-0.3, -0.25) is 14.4 Å². The first-order chi connectivity index (χ1) is 13.6. The minimum atomic E-state index is -2.92. The van der Waals surface area contributed by atoms with E-state index in [1.54, 1.807) is 0 Å². The molecule has 3 rings (SSSR count). The second-order valence-corrected chi connectivity index (χ2v) is 11.4. The molecule has 0 radical (unpaired) electrons. The van der Waals surface area contributed by atoms with Crippen molar-refractivity contribution in [2.24, 2.45) is 0 Å². The Morgan fingerprint density at radius 3 is 1.41 bits per heavy atom. The van der Waals surface area contributed by atoms with Crippen LogP contribution in [0.5, 0.6) is 0 Å². The number of sulfone groups is 1. The quantitative estimate of drug-likeness (QED) is 0.447. The number of hydrogen-bond donors (Lipinski definition) is 0. The summed E-state index contributed by atoms with van der Waals surface area (Å²) in [7, 11) is -2.92. The van der Waals surface area contributed by atoms with Gasteiger partial charge in [-0.05, 0) is 30.8 Å². The average Bonchev–Trinajstić information content (AvgIpc) is 3.31. The Kier molecular flexibility index (Phi) is 12.0. The van der Waals surface area contributed by atoms with E-state index in [9.17, 15) is 22.8 Å². The van der Waals surface area contributed by atoms with Crippen LogP contribution in [0.1, 0.15) is 40.0 Å². The van der Waals surface area contributed by atoms with E-state index in [0.717, 1.165) is 35.9 Å². The van der Waals surface area contributed by atoms with E-state index in [2.05, 4.69) is 0 Å². The Balaban J connectivity index is 0.000000219. The van der Waals surface area contributed by atoms with Crippen LogP contribution in [0.3, 0.4) is 0 Å². The van der Waals surface area contributed by atoms with E-state index < -0.39 is 21.9 Å². The van der Waals surface area contributed by atoms with E-state index in [0.29, 0.717) is 6.42 Å². The van der Waals surface area contributed by atoms with Crippen molar-refractivity contribution in [1.29, 1.82) is 0 Å². The van der Waals surface area contributed by atoms with Gasteiger partial charge in [-0.1, -0.05) is 0 Å². The molecule has 0 aromatic rings. The highest BCUT2D eigenvalue weighted by Crippen LogP contribution is 2.20. The van der Waals surface area contributed by atoms with Crippen LogP contribution < -0.4 is 0 Å². The third-order valence-corrected chi connectivity index (χ3v) is 7.97. The number of thioether (sulfide) groups is 2. The number of carbonyl (C=O) groups excluding carboxylic acids is 3. The summed E-state index contributed by atoms with van der Waals surface area (Å²) in [6.45, 7) is 4.21.